The summed E-state index contributed by atoms with van der Waals surface area (Å²) in [6, 6.07) is 24.6. The number of benzene rings is 3. The molecule has 0 atom stereocenters. The average Bonchev–Trinajstić information content (AvgIpc) is 2.91. The Morgan fingerprint density at radius 2 is 1.46 bits per heavy atom. The molecule has 0 nitrogen and oxygen atoms in total. The van der Waals surface area contributed by atoms with Crippen LogP contribution in [0.5, 0.6) is 0 Å². The fourth-order valence-corrected chi connectivity index (χ4v) is 4.47. The molecule has 0 unspecified atom stereocenters. The Labute approximate surface area is 147 Å². The van der Waals surface area contributed by atoms with Crippen LogP contribution >= 0.6 is 11.3 Å². The topological polar surface area (TPSA) is 0 Å². The third-order valence-corrected chi connectivity index (χ3v) is 5.52. The molecule has 0 N–H and O–H groups in total. The van der Waals surface area contributed by atoms with Crippen molar-refractivity contribution in [1.29, 1.82) is 0 Å². The van der Waals surface area contributed by atoms with E-state index < -0.39 is 0 Å². The summed E-state index contributed by atoms with van der Waals surface area (Å²) in [6.45, 7) is 6.88. The molecule has 3 aromatic carbocycles. The first-order valence-corrected chi connectivity index (χ1v) is 9.32. The molecule has 0 spiro atoms. The van der Waals surface area contributed by atoms with Gasteiger partial charge in [-0.05, 0) is 46.7 Å². The first kappa shape index (κ1) is 15.4. The number of thiophene rings is 1. The predicted molar refractivity (Wildman–Crippen MR) is 108 cm³/mol. The van der Waals surface area contributed by atoms with Gasteiger partial charge in [-0.3, -0.25) is 0 Å². The Morgan fingerprint density at radius 1 is 0.708 bits per heavy atom. The van der Waals surface area contributed by atoms with Crippen LogP contribution in [0.25, 0.3) is 31.3 Å². The van der Waals surface area contributed by atoms with E-state index >= 15 is 0 Å². The maximum absolute atomic E-state index is 2.35. The van der Waals surface area contributed by atoms with Crippen molar-refractivity contribution in [2.24, 2.45) is 5.41 Å². The molecule has 4 aromatic rings. The van der Waals surface area contributed by atoms with E-state index in [1.807, 2.05) is 11.3 Å². The van der Waals surface area contributed by atoms with Crippen LogP contribution in [0.3, 0.4) is 0 Å². The van der Waals surface area contributed by atoms with Crippen molar-refractivity contribution in [1.82, 2.24) is 0 Å². The normalized spacial score (nSPS) is 12.1. The molecule has 0 saturated heterocycles. The lowest BCUT2D eigenvalue weighted by Crippen LogP contribution is -2.08. The van der Waals surface area contributed by atoms with Crippen molar-refractivity contribution in [3.63, 3.8) is 0 Å². The second-order valence-electron chi connectivity index (χ2n) is 7.75. The maximum Gasteiger partial charge on any atom is 0.0355 e. The Bertz CT molecular complexity index is 1020. The fraction of sp³-hybridized carbons (Fsp3) is 0.217. The molecule has 0 bridgehead atoms. The highest BCUT2D eigenvalue weighted by atomic mass is 32.1. The summed E-state index contributed by atoms with van der Waals surface area (Å²) in [6.07, 6.45) is 1.10. The number of fused-ring (bicyclic) bond motifs is 3. The Balaban J connectivity index is 1.81. The van der Waals surface area contributed by atoms with Gasteiger partial charge in [0.05, 0.1) is 0 Å². The van der Waals surface area contributed by atoms with Gasteiger partial charge in [0, 0.05) is 20.2 Å². The van der Waals surface area contributed by atoms with Gasteiger partial charge in [-0.1, -0.05) is 69.3 Å². The van der Waals surface area contributed by atoms with Crippen molar-refractivity contribution in [2.45, 2.75) is 27.2 Å². The van der Waals surface area contributed by atoms with Crippen LogP contribution in [0, 0.1) is 5.41 Å². The monoisotopic (exact) mass is 330 g/mol. The van der Waals surface area contributed by atoms with Crippen molar-refractivity contribution in [3.8, 4) is 11.1 Å². The molecular formula is C23H22S. The van der Waals surface area contributed by atoms with Crippen LogP contribution in [0.15, 0.2) is 66.7 Å². The average molecular weight is 330 g/mol. The van der Waals surface area contributed by atoms with Gasteiger partial charge in [-0.15, -0.1) is 11.3 Å². The van der Waals surface area contributed by atoms with Gasteiger partial charge in [0.1, 0.15) is 0 Å². The molecule has 120 valence electrons. The van der Waals surface area contributed by atoms with Crippen LogP contribution in [-0.2, 0) is 6.42 Å². The summed E-state index contributed by atoms with van der Waals surface area (Å²) >= 11 is 1.88. The third-order valence-electron chi connectivity index (χ3n) is 4.37. The summed E-state index contributed by atoms with van der Waals surface area (Å²) in [5.74, 6) is 0. The minimum atomic E-state index is 0.312. The van der Waals surface area contributed by atoms with Crippen LogP contribution < -0.4 is 0 Å². The zero-order chi connectivity index (χ0) is 16.7. The van der Waals surface area contributed by atoms with E-state index in [0.29, 0.717) is 5.41 Å². The van der Waals surface area contributed by atoms with Crippen LogP contribution in [0.1, 0.15) is 26.3 Å². The molecule has 0 radical (unpaired) electrons. The van der Waals surface area contributed by atoms with Crippen molar-refractivity contribution >= 4 is 31.5 Å². The largest absolute Gasteiger partial charge is 0.135 e. The lowest BCUT2D eigenvalue weighted by atomic mass is 9.87. The van der Waals surface area contributed by atoms with E-state index in [1.165, 1.54) is 36.9 Å². The predicted octanol–water partition coefficient (Wildman–Crippen LogP) is 7.31. The van der Waals surface area contributed by atoms with E-state index in [9.17, 15) is 0 Å². The summed E-state index contributed by atoms with van der Waals surface area (Å²) in [5.41, 5.74) is 4.34. The molecule has 4 rings (SSSR count). The quantitative estimate of drug-likeness (QED) is 0.361. The minimum Gasteiger partial charge on any atom is -0.135 e. The molecule has 0 fully saturated rings. The highest BCUT2D eigenvalue weighted by molar-refractivity contribution is 7.25. The summed E-state index contributed by atoms with van der Waals surface area (Å²) in [4.78, 5) is 0. The van der Waals surface area contributed by atoms with Crippen molar-refractivity contribution in [3.05, 3.63) is 72.3 Å². The first-order chi connectivity index (χ1) is 11.5. The van der Waals surface area contributed by atoms with E-state index in [2.05, 4.69) is 87.5 Å². The Kier molecular flexibility index (Phi) is 3.69. The van der Waals surface area contributed by atoms with Gasteiger partial charge >= 0.3 is 0 Å². The van der Waals surface area contributed by atoms with E-state index in [4.69, 9.17) is 0 Å². The zero-order valence-electron chi connectivity index (χ0n) is 14.5. The first-order valence-electron chi connectivity index (χ1n) is 8.50. The maximum atomic E-state index is 2.35. The van der Waals surface area contributed by atoms with E-state index in [0.717, 1.165) is 6.42 Å². The molecule has 24 heavy (non-hydrogen) atoms. The standard InChI is InChI=1S/C23H22S/c1-23(2,3)15-16-7-6-8-17(13-16)18-11-12-22-20(14-18)19-9-4-5-10-21(19)24-22/h4-14H,15H2,1-3H3. The molecular weight excluding hydrogens is 308 g/mol. The number of hydrogen-bond donors (Lipinski definition) is 0. The fourth-order valence-electron chi connectivity index (χ4n) is 3.38. The van der Waals surface area contributed by atoms with Crippen LogP contribution in [0.4, 0.5) is 0 Å². The Morgan fingerprint density at radius 3 is 2.29 bits per heavy atom. The molecule has 0 saturated carbocycles. The van der Waals surface area contributed by atoms with Crippen LogP contribution in [-0.4, -0.2) is 0 Å². The Hall–Kier alpha value is -2.12. The lowest BCUT2D eigenvalue weighted by molar-refractivity contribution is 0.411. The van der Waals surface area contributed by atoms with Gasteiger partial charge < -0.3 is 0 Å². The van der Waals surface area contributed by atoms with Crippen molar-refractivity contribution < 1.29 is 0 Å². The highest BCUT2D eigenvalue weighted by Gasteiger charge is 2.12. The molecule has 0 aliphatic rings. The zero-order valence-corrected chi connectivity index (χ0v) is 15.3. The van der Waals surface area contributed by atoms with Crippen LogP contribution in [0.2, 0.25) is 0 Å². The highest BCUT2D eigenvalue weighted by Crippen LogP contribution is 2.36. The van der Waals surface area contributed by atoms with Crippen molar-refractivity contribution in [2.75, 3.05) is 0 Å². The number of hydrogen-bond acceptors (Lipinski definition) is 1. The third kappa shape index (κ3) is 2.97. The minimum absolute atomic E-state index is 0.312. The molecule has 0 aliphatic heterocycles. The number of rotatable bonds is 2. The second-order valence-corrected chi connectivity index (χ2v) is 8.83. The molecule has 0 amide bonds. The van der Waals surface area contributed by atoms with E-state index in [1.54, 1.807) is 0 Å². The van der Waals surface area contributed by atoms with Gasteiger partial charge in [0.25, 0.3) is 0 Å². The second kappa shape index (κ2) is 5.75. The SMILES string of the molecule is CC(C)(C)Cc1cccc(-c2ccc3sc4ccccc4c3c2)c1. The summed E-state index contributed by atoms with van der Waals surface area (Å²) in [5, 5.41) is 2.74. The van der Waals surface area contributed by atoms with Gasteiger partial charge in [-0.25, -0.2) is 0 Å². The van der Waals surface area contributed by atoms with Gasteiger partial charge in [0.2, 0.25) is 0 Å². The smallest absolute Gasteiger partial charge is 0.0355 e. The summed E-state index contributed by atoms with van der Waals surface area (Å²) in [7, 11) is 0. The molecule has 1 aromatic heterocycles. The van der Waals surface area contributed by atoms with Gasteiger partial charge in [-0.2, -0.15) is 0 Å². The molecule has 0 aliphatic carbocycles. The van der Waals surface area contributed by atoms with E-state index in [-0.39, 0.29) is 0 Å². The molecule has 1 heteroatoms. The lowest BCUT2D eigenvalue weighted by Gasteiger charge is -2.18. The molecule has 1 heterocycles. The summed E-state index contributed by atoms with van der Waals surface area (Å²) < 4.78 is 2.73. The van der Waals surface area contributed by atoms with Gasteiger partial charge in [0.15, 0.2) is 0 Å².